The number of para-hydroxylation sites is 1. The van der Waals surface area contributed by atoms with Gasteiger partial charge in [0.05, 0.1) is 12.1 Å². The highest BCUT2D eigenvalue weighted by Gasteiger charge is 2.13. The summed E-state index contributed by atoms with van der Waals surface area (Å²) in [6.45, 7) is 1.81. The number of carbonyl (C=O) groups is 1. The van der Waals surface area contributed by atoms with Gasteiger partial charge in [0.15, 0.2) is 16.8 Å². The van der Waals surface area contributed by atoms with Gasteiger partial charge in [-0.3, -0.25) is 4.79 Å². The molecule has 1 aromatic heterocycles. The molecule has 0 bridgehead atoms. The Balaban J connectivity index is 1.69. The standard InChI is InChI=1S/C20H20ClN3O3S/c1-13(25)14-8-9-17(26-3)15(10-14)12-28-20-23-22-19(24(20)2)11-27-18-7-5-4-6-16(18)21/h4-10H,11-12H2,1-3H3. The predicted molar refractivity (Wildman–Crippen MR) is 109 cm³/mol. The molecule has 6 nitrogen and oxygen atoms in total. The number of thioether (sulfide) groups is 1. The number of carbonyl (C=O) groups excluding carboxylic acids is 1. The van der Waals surface area contributed by atoms with E-state index in [1.165, 1.54) is 11.8 Å². The maximum atomic E-state index is 11.6. The fraction of sp³-hybridized carbons (Fsp3) is 0.250. The lowest BCUT2D eigenvalue weighted by atomic mass is 10.1. The molecule has 146 valence electrons. The third-order valence-corrected chi connectivity index (χ3v) is 5.54. The van der Waals surface area contributed by atoms with Crippen molar-refractivity contribution in [3.05, 3.63) is 64.4 Å². The summed E-state index contributed by atoms with van der Waals surface area (Å²) in [6.07, 6.45) is 0. The first-order valence-corrected chi connectivity index (χ1v) is 9.92. The van der Waals surface area contributed by atoms with E-state index in [9.17, 15) is 4.79 Å². The largest absolute Gasteiger partial charge is 0.496 e. The van der Waals surface area contributed by atoms with E-state index in [1.807, 2.05) is 41.9 Å². The topological polar surface area (TPSA) is 66.2 Å². The van der Waals surface area contributed by atoms with Crippen molar-refractivity contribution >= 4 is 29.1 Å². The second-order valence-electron chi connectivity index (χ2n) is 6.05. The molecule has 3 aromatic rings. The van der Waals surface area contributed by atoms with Gasteiger partial charge in [-0.1, -0.05) is 35.5 Å². The molecule has 0 saturated carbocycles. The summed E-state index contributed by atoms with van der Waals surface area (Å²) < 4.78 is 13.0. The molecule has 0 fully saturated rings. The predicted octanol–water partition coefficient (Wildman–Crippen LogP) is 4.55. The van der Waals surface area contributed by atoms with Gasteiger partial charge in [-0.2, -0.15) is 0 Å². The number of nitrogens with zero attached hydrogens (tertiary/aromatic N) is 3. The maximum Gasteiger partial charge on any atom is 0.191 e. The maximum absolute atomic E-state index is 11.6. The Labute approximate surface area is 172 Å². The average molecular weight is 418 g/mol. The smallest absolute Gasteiger partial charge is 0.191 e. The van der Waals surface area contributed by atoms with Crippen molar-refractivity contribution in [1.82, 2.24) is 14.8 Å². The number of Topliss-reactive ketones (excluding diaryl/α,β-unsaturated/α-hetero) is 1. The van der Waals surface area contributed by atoms with Crippen molar-refractivity contribution in [3.63, 3.8) is 0 Å². The summed E-state index contributed by atoms with van der Waals surface area (Å²) in [5.41, 5.74) is 1.58. The summed E-state index contributed by atoms with van der Waals surface area (Å²) in [5.74, 6) is 2.65. The van der Waals surface area contributed by atoms with Crippen LogP contribution in [0.5, 0.6) is 11.5 Å². The number of rotatable bonds is 8. The van der Waals surface area contributed by atoms with Crippen LogP contribution in [0, 0.1) is 0 Å². The van der Waals surface area contributed by atoms with Crippen LogP contribution < -0.4 is 9.47 Å². The second-order valence-corrected chi connectivity index (χ2v) is 7.40. The Bertz CT molecular complexity index is 991. The van der Waals surface area contributed by atoms with E-state index in [0.717, 1.165) is 16.5 Å². The number of ether oxygens (including phenoxy) is 2. The average Bonchev–Trinajstić information content (AvgIpc) is 3.05. The minimum atomic E-state index is 0.0200. The highest BCUT2D eigenvalue weighted by molar-refractivity contribution is 7.98. The molecule has 28 heavy (non-hydrogen) atoms. The first kappa shape index (κ1) is 20.2. The zero-order valence-corrected chi connectivity index (χ0v) is 17.4. The third-order valence-electron chi connectivity index (χ3n) is 4.16. The number of methoxy groups -OCH3 is 1. The van der Waals surface area contributed by atoms with Crippen LogP contribution in [-0.2, 0) is 19.4 Å². The quantitative estimate of drug-likeness (QED) is 0.395. The third kappa shape index (κ3) is 4.66. The van der Waals surface area contributed by atoms with Gasteiger partial charge < -0.3 is 14.0 Å². The molecule has 0 aliphatic heterocycles. The number of benzene rings is 2. The molecule has 0 radical (unpaired) electrons. The molecule has 3 rings (SSSR count). The second kappa shape index (κ2) is 9.12. The summed E-state index contributed by atoms with van der Waals surface area (Å²) in [4.78, 5) is 11.6. The van der Waals surface area contributed by atoms with Gasteiger partial charge in [-0.05, 0) is 37.3 Å². The summed E-state index contributed by atoms with van der Waals surface area (Å²) in [5, 5.41) is 9.73. The van der Waals surface area contributed by atoms with Gasteiger partial charge in [0.25, 0.3) is 0 Å². The van der Waals surface area contributed by atoms with Crippen LogP contribution in [0.3, 0.4) is 0 Å². The van der Waals surface area contributed by atoms with Crippen molar-refractivity contribution < 1.29 is 14.3 Å². The molecular formula is C20H20ClN3O3S. The van der Waals surface area contributed by atoms with E-state index in [1.54, 1.807) is 26.2 Å². The van der Waals surface area contributed by atoms with E-state index in [0.29, 0.717) is 27.9 Å². The zero-order chi connectivity index (χ0) is 20.1. The molecular weight excluding hydrogens is 398 g/mol. The fourth-order valence-electron chi connectivity index (χ4n) is 2.55. The molecule has 1 heterocycles. The molecule has 2 aromatic carbocycles. The Kier molecular flexibility index (Phi) is 6.59. The number of ketones is 1. The molecule has 0 unspecified atom stereocenters. The number of halogens is 1. The Morgan fingerprint density at radius 1 is 1.18 bits per heavy atom. The Morgan fingerprint density at radius 2 is 1.96 bits per heavy atom. The molecule has 0 atom stereocenters. The van der Waals surface area contributed by atoms with E-state index in [-0.39, 0.29) is 12.4 Å². The highest BCUT2D eigenvalue weighted by atomic mass is 35.5. The van der Waals surface area contributed by atoms with Crippen molar-refractivity contribution in [2.45, 2.75) is 24.4 Å². The zero-order valence-electron chi connectivity index (χ0n) is 15.8. The molecule has 0 aliphatic rings. The van der Waals surface area contributed by atoms with Crippen molar-refractivity contribution in [2.75, 3.05) is 7.11 Å². The van der Waals surface area contributed by atoms with Crippen LogP contribution in [0.25, 0.3) is 0 Å². The van der Waals surface area contributed by atoms with Crippen molar-refractivity contribution in [1.29, 1.82) is 0 Å². The van der Waals surface area contributed by atoms with Gasteiger partial charge in [0.1, 0.15) is 18.1 Å². The lowest BCUT2D eigenvalue weighted by Gasteiger charge is -2.10. The van der Waals surface area contributed by atoms with Crippen LogP contribution in [0.2, 0.25) is 5.02 Å². The summed E-state index contributed by atoms with van der Waals surface area (Å²) in [6, 6.07) is 12.7. The molecule has 0 N–H and O–H groups in total. The highest BCUT2D eigenvalue weighted by Crippen LogP contribution is 2.29. The lowest BCUT2D eigenvalue weighted by Crippen LogP contribution is -2.04. The lowest BCUT2D eigenvalue weighted by molar-refractivity contribution is 0.101. The van der Waals surface area contributed by atoms with Crippen LogP contribution in [0.15, 0.2) is 47.6 Å². The van der Waals surface area contributed by atoms with Gasteiger partial charge in [0.2, 0.25) is 0 Å². The van der Waals surface area contributed by atoms with Crippen LogP contribution in [0.1, 0.15) is 28.7 Å². The van der Waals surface area contributed by atoms with Crippen molar-refractivity contribution in [3.8, 4) is 11.5 Å². The van der Waals surface area contributed by atoms with Crippen LogP contribution in [-0.4, -0.2) is 27.7 Å². The van der Waals surface area contributed by atoms with E-state index in [4.69, 9.17) is 21.1 Å². The normalized spacial score (nSPS) is 10.7. The summed E-state index contributed by atoms with van der Waals surface area (Å²) in [7, 11) is 3.50. The first-order chi connectivity index (χ1) is 13.5. The number of hydrogen-bond donors (Lipinski definition) is 0. The van der Waals surface area contributed by atoms with Gasteiger partial charge >= 0.3 is 0 Å². The van der Waals surface area contributed by atoms with E-state index >= 15 is 0 Å². The van der Waals surface area contributed by atoms with Gasteiger partial charge in [-0.25, -0.2) is 0 Å². The monoisotopic (exact) mass is 417 g/mol. The molecule has 0 saturated heterocycles. The van der Waals surface area contributed by atoms with E-state index < -0.39 is 0 Å². The molecule has 0 aliphatic carbocycles. The number of hydrogen-bond acceptors (Lipinski definition) is 6. The Hall–Kier alpha value is -2.51. The molecule has 0 spiro atoms. The fourth-order valence-corrected chi connectivity index (χ4v) is 3.65. The van der Waals surface area contributed by atoms with Crippen LogP contribution in [0.4, 0.5) is 0 Å². The molecule has 0 amide bonds. The van der Waals surface area contributed by atoms with Crippen LogP contribution >= 0.6 is 23.4 Å². The van der Waals surface area contributed by atoms with Gasteiger partial charge in [-0.15, -0.1) is 10.2 Å². The number of aromatic nitrogens is 3. The molecule has 8 heteroatoms. The first-order valence-electron chi connectivity index (χ1n) is 8.56. The Morgan fingerprint density at radius 3 is 2.68 bits per heavy atom. The minimum Gasteiger partial charge on any atom is -0.496 e. The van der Waals surface area contributed by atoms with Gasteiger partial charge in [0, 0.05) is 23.9 Å². The SMILES string of the molecule is COc1ccc(C(C)=O)cc1CSc1nnc(COc2ccccc2Cl)n1C. The minimum absolute atomic E-state index is 0.0200. The summed E-state index contributed by atoms with van der Waals surface area (Å²) >= 11 is 7.62. The van der Waals surface area contributed by atoms with Crippen molar-refractivity contribution in [2.24, 2.45) is 7.05 Å². The van der Waals surface area contributed by atoms with E-state index in [2.05, 4.69) is 10.2 Å².